The van der Waals surface area contributed by atoms with Gasteiger partial charge < -0.3 is 10.0 Å². The molecule has 0 radical (unpaired) electrons. The van der Waals surface area contributed by atoms with E-state index in [-0.39, 0.29) is 17.7 Å². The Morgan fingerprint density at radius 3 is 2.65 bits per heavy atom. The fourth-order valence-corrected chi connectivity index (χ4v) is 4.06. The summed E-state index contributed by atoms with van der Waals surface area (Å²) in [5.74, 6) is -0.374. The summed E-state index contributed by atoms with van der Waals surface area (Å²) < 4.78 is 0. The van der Waals surface area contributed by atoms with Gasteiger partial charge in [-0.05, 0) is 48.6 Å². The van der Waals surface area contributed by atoms with Gasteiger partial charge in [0.2, 0.25) is 5.91 Å². The monoisotopic (exact) mass is 315 g/mol. The highest BCUT2D eigenvalue weighted by Gasteiger charge is 2.33. The lowest BCUT2D eigenvalue weighted by Gasteiger charge is -2.36. The molecule has 0 bridgehead atoms. The Kier molecular flexibility index (Phi) is 4.69. The van der Waals surface area contributed by atoms with Gasteiger partial charge in [0, 0.05) is 19.5 Å². The van der Waals surface area contributed by atoms with E-state index in [9.17, 15) is 14.7 Å². The van der Waals surface area contributed by atoms with Crippen molar-refractivity contribution < 1.29 is 14.7 Å². The number of carboxylic acid groups (broad SMARTS) is 1. The Balaban J connectivity index is 1.55. The number of hydrogen-bond donors (Lipinski definition) is 1. The summed E-state index contributed by atoms with van der Waals surface area (Å²) in [7, 11) is 0. The number of benzene rings is 1. The number of hydrogen-bond acceptors (Lipinski definition) is 2. The van der Waals surface area contributed by atoms with E-state index in [1.165, 1.54) is 11.1 Å². The van der Waals surface area contributed by atoms with E-state index in [0.29, 0.717) is 31.8 Å². The smallest absolute Gasteiger partial charge is 0.306 e. The first-order valence-electron chi connectivity index (χ1n) is 8.62. The summed E-state index contributed by atoms with van der Waals surface area (Å²) in [6.07, 6.45) is 4.30. The second-order valence-corrected chi connectivity index (χ2v) is 7.13. The largest absolute Gasteiger partial charge is 0.481 e. The number of aliphatic carboxylic acids is 1. The van der Waals surface area contributed by atoms with E-state index < -0.39 is 5.97 Å². The van der Waals surface area contributed by atoms with Crippen molar-refractivity contribution in [2.75, 3.05) is 13.1 Å². The molecule has 2 aliphatic rings. The van der Waals surface area contributed by atoms with Crippen LogP contribution in [0.1, 0.15) is 37.3 Å². The van der Waals surface area contributed by atoms with Gasteiger partial charge in [-0.15, -0.1) is 0 Å². The maximum atomic E-state index is 12.6. The number of piperidine rings is 1. The number of carbonyl (C=O) groups is 2. The van der Waals surface area contributed by atoms with Gasteiger partial charge in [-0.2, -0.15) is 0 Å². The first-order valence-corrected chi connectivity index (χ1v) is 8.62. The highest BCUT2D eigenvalue weighted by Crippen LogP contribution is 2.29. The van der Waals surface area contributed by atoms with Crippen molar-refractivity contribution >= 4 is 11.9 Å². The molecule has 1 saturated heterocycles. The highest BCUT2D eigenvalue weighted by molar-refractivity contribution is 5.77. The van der Waals surface area contributed by atoms with Crippen molar-refractivity contribution in [2.24, 2.45) is 17.8 Å². The third-order valence-corrected chi connectivity index (χ3v) is 5.49. The molecule has 1 fully saturated rings. The van der Waals surface area contributed by atoms with Crippen LogP contribution in [0.4, 0.5) is 0 Å². The zero-order chi connectivity index (χ0) is 16.4. The van der Waals surface area contributed by atoms with E-state index in [1.807, 2.05) is 11.8 Å². The number of carbonyl (C=O) groups excluding carboxylic acids is 1. The van der Waals surface area contributed by atoms with Gasteiger partial charge in [0.05, 0.1) is 5.92 Å². The van der Waals surface area contributed by atoms with Crippen LogP contribution >= 0.6 is 0 Å². The van der Waals surface area contributed by atoms with Crippen molar-refractivity contribution in [1.82, 2.24) is 4.90 Å². The molecule has 124 valence electrons. The van der Waals surface area contributed by atoms with Gasteiger partial charge in [0.25, 0.3) is 0 Å². The first-order chi connectivity index (χ1) is 11.0. The maximum Gasteiger partial charge on any atom is 0.306 e. The van der Waals surface area contributed by atoms with Gasteiger partial charge in [0.1, 0.15) is 0 Å². The number of amides is 1. The van der Waals surface area contributed by atoms with Crippen LogP contribution in [0, 0.1) is 17.8 Å². The number of nitrogens with zero attached hydrogens (tertiary/aromatic N) is 1. The van der Waals surface area contributed by atoms with Crippen molar-refractivity contribution in [3.05, 3.63) is 35.4 Å². The fourth-order valence-electron chi connectivity index (χ4n) is 4.06. The Hall–Kier alpha value is -1.84. The molecule has 1 aliphatic heterocycles. The van der Waals surface area contributed by atoms with Crippen molar-refractivity contribution in [1.29, 1.82) is 0 Å². The average molecular weight is 315 g/mol. The van der Waals surface area contributed by atoms with Crippen LogP contribution in [0.3, 0.4) is 0 Å². The van der Waals surface area contributed by atoms with Gasteiger partial charge in [-0.3, -0.25) is 9.59 Å². The highest BCUT2D eigenvalue weighted by atomic mass is 16.4. The van der Waals surface area contributed by atoms with E-state index >= 15 is 0 Å². The Bertz CT molecular complexity index is 598. The van der Waals surface area contributed by atoms with Crippen LogP contribution in [-0.4, -0.2) is 35.0 Å². The maximum absolute atomic E-state index is 12.6. The van der Waals surface area contributed by atoms with E-state index in [4.69, 9.17) is 0 Å². The van der Waals surface area contributed by atoms with Crippen LogP contribution in [-0.2, 0) is 22.4 Å². The van der Waals surface area contributed by atoms with Crippen LogP contribution in [0.15, 0.2) is 24.3 Å². The molecule has 0 saturated carbocycles. The molecule has 1 aromatic carbocycles. The van der Waals surface area contributed by atoms with Crippen molar-refractivity contribution in [3.8, 4) is 0 Å². The molecule has 1 amide bonds. The van der Waals surface area contributed by atoms with Gasteiger partial charge in [-0.1, -0.05) is 31.2 Å². The molecule has 1 aromatic rings. The van der Waals surface area contributed by atoms with Gasteiger partial charge >= 0.3 is 5.97 Å². The van der Waals surface area contributed by atoms with E-state index in [2.05, 4.69) is 24.3 Å². The molecule has 1 N–H and O–H groups in total. The van der Waals surface area contributed by atoms with Crippen LogP contribution in [0.2, 0.25) is 0 Å². The predicted molar refractivity (Wildman–Crippen MR) is 88.1 cm³/mol. The minimum Gasteiger partial charge on any atom is -0.481 e. The molecule has 3 atom stereocenters. The Morgan fingerprint density at radius 2 is 1.96 bits per heavy atom. The minimum atomic E-state index is -0.728. The second kappa shape index (κ2) is 6.73. The molecule has 23 heavy (non-hydrogen) atoms. The molecular formula is C19H25NO3. The molecular weight excluding hydrogens is 290 g/mol. The lowest BCUT2D eigenvalue weighted by molar-refractivity contribution is -0.148. The number of rotatable bonds is 3. The average Bonchev–Trinajstić information content (AvgIpc) is 2.54. The summed E-state index contributed by atoms with van der Waals surface area (Å²) in [6, 6.07) is 8.51. The number of aryl methyl sites for hydroxylation is 1. The second-order valence-electron chi connectivity index (χ2n) is 7.13. The molecule has 4 heteroatoms. The van der Waals surface area contributed by atoms with Gasteiger partial charge in [0.15, 0.2) is 0 Å². The van der Waals surface area contributed by atoms with Crippen molar-refractivity contribution in [2.45, 2.75) is 39.0 Å². The van der Waals surface area contributed by atoms with Crippen molar-refractivity contribution in [3.63, 3.8) is 0 Å². The molecule has 0 aromatic heterocycles. The molecule has 1 aliphatic carbocycles. The molecule has 4 nitrogen and oxygen atoms in total. The first kappa shape index (κ1) is 16.0. The topological polar surface area (TPSA) is 57.6 Å². The summed E-state index contributed by atoms with van der Waals surface area (Å²) in [5.41, 5.74) is 2.81. The molecule has 0 spiro atoms. The van der Waals surface area contributed by atoms with Crippen LogP contribution in [0.25, 0.3) is 0 Å². The normalized spacial score (nSPS) is 27.3. The standard InChI is InChI=1S/C19H25NO3/c1-13-12-20(9-8-17(13)19(22)23)18(21)11-14-6-7-15-4-2-3-5-16(15)10-14/h2-5,13-14,17H,6-12H2,1H3,(H,22,23)/t13-,14+,17-/m1/s1. The summed E-state index contributed by atoms with van der Waals surface area (Å²) >= 11 is 0. The number of carboxylic acids is 1. The Morgan fingerprint density at radius 1 is 1.22 bits per heavy atom. The minimum absolute atomic E-state index is 0.0391. The number of likely N-dealkylation sites (tertiary alicyclic amines) is 1. The summed E-state index contributed by atoms with van der Waals surface area (Å²) in [4.78, 5) is 25.6. The predicted octanol–water partition coefficient (Wildman–Crippen LogP) is 2.75. The zero-order valence-corrected chi connectivity index (χ0v) is 13.7. The zero-order valence-electron chi connectivity index (χ0n) is 13.7. The molecule has 0 unspecified atom stereocenters. The lowest BCUT2D eigenvalue weighted by Crippen LogP contribution is -2.45. The SMILES string of the molecule is C[C@@H]1CN(C(=O)C[C@H]2CCc3ccccc3C2)CC[C@H]1C(=O)O. The third-order valence-electron chi connectivity index (χ3n) is 5.49. The quantitative estimate of drug-likeness (QED) is 0.933. The summed E-state index contributed by atoms with van der Waals surface area (Å²) in [6.45, 7) is 3.11. The van der Waals surface area contributed by atoms with E-state index in [1.54, 1.807) is 0 Å². The summed E-state index contributed by atoms with van der Waals surface area (Å²) in [5, 5.41) is 9.18. The third kappa shape index (κ3) is 3.57. The molecule has 1 heterocycles. The molecule has 3 rings (SSSR count). The lowest BCUT2D eigenvalue weighted by atomic mass is 9.81. The van der Waals surface area contributed by atoms with Crippen LogP contribution in [0.5, 0.6) is 0 Å². The fraction of sp³-hybridized carbons (Fsp3) is 0.579. The van der Waals surface area contributed by atoms with Crippen LogP contribution < -0.4 is 0 Å². The van der Waals surface area contributed by atoms with E-state index in [0.717, 1.165) is 19.3 Å². The van der Waals surface area contributed by atoms with Gasteiger partial charge in [-0.25, -0.2) is 0 Å². The number of fused-ring (bicyclic) bond motifs is 1. The Labute approximate surface area is 137 Å².